The third kappa shape index (κ3) is 4.89. The molecular weight excluding hydrogens is 310 g/mol. The molecule has 0 spiro atoms. The van der Waals surface area contributed by atoms with Crippen molar-refractivity contribution in [2.45, 2.75) is 58.9 Å². The molecule has 2 heterocycles. The lowest BCUT2D eigenvalue weighted by Gasteiger charge is -2.21. The minimum Gasteiger partial charge on any atom is -0.348 e. The first-order valence-corrected chi connectivity index (χ1v) is 8.81. The number of carbonyl (C=O) groups excluding carboxylic acids is 1. The minimum absolute atomic E-state index is 0.00705. The van der Waals surface area contributed by atoms with Gasteiger partial charge in [-0.05, 0) is 17.4 Å². The van der Waals surface area contributed by atoms with Crippen molar-refractivity contribution in [3.8, 4) is 0 Å². The Bertz CT molecular complexity index is 627. The highest BCUT2D eigenvalue weighted by Gasteiger charge is 2.22. The topological polar surface area (TPSA) is 68.0 Å². The second kappa shape index (κ2) is 7.25. The summed E-state index contributed by atoms with van der Waals surface area (Å²) in [5.41, 5.74) is -0.147. The van der Waals surface area contributed by atoms with E-state index in [2.05, 4.69) is 35.4 Å². The smallest absolute Gasteiger partial charge is 0.227 e. The summed E-state index contributed by atoms with van der Waals surface area (Å²) in [4.78, 5) is 17.8. The standard InChI is InChI=1S/C17H25N3O2S/c1-11(2)15(12-7-6-10-23-12)18-13(21)8-9-14-19-16(20-22-14)17(3,4)5/h6-7,10-11,15H,8-9H2,1-5H3,(H,18,21). The molecule has 126 valence electrons. The number of nitrogens with zero attached hydrogens (tertiary/aromatic N) is 2. The largest absolute Gasteiger partial charge is 0.348 e. The van der Waals surface area contributed by atoms with Crippen LogP contribution in [0.4, 0.5) is 0 Å². The SMILES string of the molecule is CC(C)C(NC(=O)CCc1nc(C(C)(C)C)no1)c1cccs1. The molecule has 2 aromatic heterocycles. The number of nitrogens with one attached hydrogen (secondary N) is 1. The maximum Gasteiger partial charge on any atom is 0.227 e. The molecule has 1 amide bonds. The van der Waals surface area contributed by atoms with E-state index in [9.17, 15) is 4.79 Å². The summed E-state index contributed by atoms with van der Waals surface area (Å²) in [7, 11) is 0. The molecule has 1 atom stereocenters. The van der Waals surface area contributed by atoms with E-state index in [0.717, 1.165) is 0 Å². The third-order valence-electron chi connectivity index (χ3n) is 3.54. The second-order valence-corrected chi connectivity index (χ2v) is 8.05. The van der Waals surface area contributed by atoms with E-state index in [0.29, 0.717) is 30.5 Å². The van der Waals surface area contributed by atoms with Crippen molar-refractivity contribution in [3.63, 3.8) is 0 Å². The molecule has 0 aliphatic rings. The van der Waals surface area contributed by atoms with Gasteiger partial charge < -0.3 is 9.84 Å². The van der Waals surface area contributed by atoms with Gasteiger partial charge in [0.1, 0.15) is 0 Å². The van der Waals surface area contributed by atoms with Crippen LogP contribution in [0.15, 0.2) is 22.0 Å². The normalized spacial score (nSPS) is 13.3. The van der Waals surface area contributed by atoms with E-state index in [1.54, 1.807) is 11.3 Å². The zero-order valence-electron chi connectivity index (χ0n) is 14.4. The van der Waals surface area contributed by atoms with Gasteiger partial charge in [-0.15, -0.1) is 11.3 Å². The van der Waals surface area contributed by atoms with Crippen molar-refractivity contribution in [1.82, 2.24) is 15.5 Å². The third-order valence-corrected chi connectivity index (χ3v) is 4.49. The van der Waals surface area contributed by atoms with Crippen LogP contribution in [0, 0.1) is 5.92 Å². The Morgan fingerprint density at radius 3 is 2.65 bits per heavy atom. The van der Waals surface area contributed by atoms with E-state index < -0.39 is 0 Å². The van der Waals surface area contributed by atoms with E-state index in [1.807, 2.05) is 32.2 Å². The number of carbonyl (C=O) groups is 1. The molecule has 5 nitrogen and oxygen atoms in total. The van der Waals surface area contributed by atoms with Gasteiger partial charge in [-0.1, -0.05) is 45.8 Å². The van der Waals surface area contributed by atoms with Gasteiger partial charge in [0.25, 0.3) is 0 Å². The molecule has 0 bridgehead atoms. The van der Waals surface area contributed by atoms with Gasteiger partial charge in [0.05, 0.1) is 6.04 Å². The first-order valence-electron chi connectivity index (χ1n) is 7.93. The van der Waals surface area contributed by atoms with Crippen LogP contribution in [0.25, 0.3) is 0 Å². The molecule has 2 rings (SSSR count). The predicted octanol–water partition coefficient (Wildman–Crippen LogP) is 3.87. The van der Waals surface area contributed by atoms with Crippen LogP contribution < -0.4 is 5.32 Å². The Morgan fingerprint density at radius 1 is 1.39 bits per heavy atom. The van der Waals surface area contributed by atoms with Crippen molar-refractivity contribution < 1.29 is 9.32 Å². The molecule has 1 N–H and O–H groups in total. The molecule has 6 heteroatoms. The van der Waals surface area contributed by atoms with Crippen LogP contribution in [0.2, 0.25) is 0 Å². The minimum atomic E-state index is -0.147. The molecule has 0 fully saturated rings. The van der Waals surface area contributed by atoms with Gasteiger partial charge in [0.2, 0.25) is 11.8 Å². The summed E-state index contributed by atoms with van der Waals surface area (Å²) in [5, 5.41) is 9.12. The second-order valence-electron chi connectivity index (χ2n) is 7.07. The lowest BCUT2D eigenvalue weighted by molar-refractivity contribution is -0.122. The number of aryl methyl sites for hydroxylation is 1. The molecule has 1 unspecified atom stereocenters. The highest BCUT2D eigenvalue weighted by Crippen LogP contribution is 2.26. The van der Waals surface area contributed by atoms with Crippen molar-refractivity contribution in [2.24, 2.45) is 5.92 Å². The van der Waals surface area contributed by atoms with Gasteiger partial charge >= 0.3 is 0 Å². The Morgan fingerprint density at radius 2 is 2.13 bits per heavy atom. The monoisotopic (exact) mass is 335 g/mol. The first-order chi connectivity index (χ1) is 10.8. The number of rotatable bonds is 6. The van der Waals surface area contributed by atoms with Crippen LogP contribution in [-0.2, 0) is 16.6 Å². The number of hydrogen-bond donors (Lipinski definition) is 1. The maximum absolute atomic E-state index is 12.2. The van der Waals surface area contributed by atoms with E-state index >= 15 is 0 Å². The fourth-order valence-electron chi connectivity index (χ4n) is 2.16. The number of aromatic nitrogens is 2. The van der Waals surface area contributed by atoms with E-state index in [-0.39, 0.29) is 17.4 Å². The summed E-state index contributed by atoms with van der Waals surface area (Å²) in [6, 6.07) is 4.12. The summed E-state index contributed by atoms with van der Waals surface area (Å²) in [6.45, 7) is 10.3. The number of amides is 1. The van der Waals surface area contributed by atoms with Crippen LogP contribution >= 0.6 is 11.3 Å². The lowest BCUT2D eigenvalue weighted by Crippen LogP contribution is -2.31. The van der Waals surface area contributed by atoms with Gasteiger partial charge in [-0.25, -0.2) is 0 Å². The maximum atomic E-state index is 12.2. The fraction of sp³-hybridized carbons (Fsp3) is 0.588. The quantitative estimate of drug-likeness (QED) is 0.870. The molecule has 0 aliphatic heterocycles. The number of hydrogen-bond acceptors (Lipinski definition) is 5. The van der Waals surface area contributed by atoms with Crippen LogP contribution in [-0.4, -0.2) is 16.0 Å². The van der Waals surface area contributed by atoms with E-state index in [1.165, 1.54) is 4.88 Å². The van der Waals surface area contributed by atoms with Crippen molar-refractivity contribution in [1.29, 1.82) is 0 Å². The predicted molar refractivity (Wildman–Crippen MR) is 91.4 cm³/mol. The van der Waals surface area contributed by atoms with Gasteiger partial charge in [-0.3, -0.25) is 4.79 Å². The Hall–Kier alpha value is -1.69. The Kier molecular flexibility index (Phi) is 5.57. The average Bonchev–Trinajstić information content (AvgIpc) is 3.12. The van der Waals surface area contributed by atoms with Crippen molar-refractivity contribution in [3.05, 3.63) is 34.1 Å². The van der Waals surface area contributed by atoms with Gasteiger partial charge in [0, 0.05) is 23.1 Å². The molecule has 0 saturated heterocycles. The zero-order chi connectivity index (χ0) is 17.0. The highest BCUT2D eigenvalue weighted by atomic mass is 32.1. The molecule has 0 aromatic carbocycles. The van der Waals surface area contributed by atoms with Crippen molar-refractivity contribution in [2.75, 3.05) is 0 Å². The molecule has 0 radical (unpaired) electrons. The van der Waals surface area contributed by atoms with E-state index in [4.69, 9.17) is 4.52 Å². The molecule has 0 aliphatic carbocycles. The molecule has 23 heavy (non-hydrogen) atoms. The molecule has 0 saturated carbocycles. The zero-order valence-corrected chi connectivity index (χ0v) is 15.2. The number of thiophene rings is 1. The van der Waals surface area contributed by atoms with Crippen LogP contribution in [0.5, 0.6) is 0 Å². The van der Waals surface area contributed by atoms with Gasteiger partial charge in [0.15, 0.2) is 5.82 Å². The molecule has 2 aromatic rings. The summed E-state index contributed by atoms with van der Waals surface area (Å²) < 4.78 is 5.23. The Balaban J connectivity index is 1.90. The molecular formula is C17H25N3O2S. The highest BCUT2D eigenvalue weighted by molar-refractivity contribution is 7.10. The fourth-order valence-corrected chi connectivity index (χ4v) is 3.11. The van der Waals surface area contributed by atoms with Gasteiger partial charge in [-0.2, -0.15) is 4.98 Å². The first kappa shape index (κ1) is 17.7. The van der Waals surface area contributed by atoms with Crippen LogP contribution in [0.1, 0.15) is 63.7 Å². The average molecular weight is 335 g/mol. The van der Waals surface area contributed by atoms with Crippen molar-refractivity contribution >= 4 is 17.2 Å². The van der Waals surface area contributed by atoms with Crippen LogP contribution in [0.3, 0.4) is 0 Å². The Labute approximate surface area is 141 Å². The summed E-state index contributed by atoms with van der Waals surface area (Å²) >= 11 is 1.67. The summed E-state index contributed by atoms with van der Waals surface area (Å²) in [6.07, 6.45) is 0.810. The lowest BCUT2D eigenvalue weighted by atomic mass is 9.96. The summed E-state index contributed by atoms with van der Waals surface area (Å²) in [5.74, 6) is 1.54.